The summed E-state index contributed by atoms with van der Waals surface area (Å²) in [4.78, 5) is 29.0. The van der Waals surface area contributed by atoms with Crippen LogP contribution in [0, 0.1) is 12.8 Å². The van der Waals surface area contributed by atoms with Gasteiger partial charge in [0.1, 0.15) is 5.54 Å². The molecular weight excluding hydrogens is 292 g/mol. The molecule has 0 bridgehead atoms. The zero-order chi connectivity index (χ0) is 16.3. The summed E-state index contributed by atoms with van der Waals surface area (Å²) in [7, 11) is 0. The molecule has 2 fully saturated rings. The topological polar surface area (TPSA) is 83.1 Å². The Hall–Kier alpha value is -2.11. The third kappa shape index (κ3) is 3.81. The van der Waals surface area contributed by atoms with Crippen molar-refractivity contribution in [1.29, 1.82) is 0 Å². The third-order valence-electron chi connectivity index (χ3n) is 4.78. The Morgan fingerprint density at radius 2 is 2.04 bits per heavy atom. The molecule has 124 valence electrons. The van der Waals surface area contributed by atoms with Gasteiger partial charge in [-0.15, -0.1) is 0 Å². The highest BCUT2D eigenvalue weighted by Gasteiger charge is 2.42. The zero-order valence-corrected chi connectivity index (χ0v) is 13.5. The molecule has 6 nitrogen and oxygen atoms in total. The molecule has 2 aliphatic rings. The first kappa shape index (κ1) is 15.8. The normalized spacial score (nSPS) is 19.2. The van der Waals surface area contributed by atoms with Crippen LogP contribution in [0.15, 0.2) is 18.5 Å². The van der Waals surface area contributed by atoms with Crippen LogP contribution < -0.4 is 16.0 Å². The number of pyridine rings is 1. The monoisotopic (exact) mass is 316 g/mol. The van der Waals surface area contributed by atoms with Crippen LogP contribution in [-0.2, 0) is 4.79 Å². The predicted molar refractivity (Wildman–Crippen MR) is 88.1 cm³/mol. The number of anilines is 1. The lowest BCUT2D eigenvalue weighted by atomic mass is 9.96. The summed E-state index contributed by atoms with van der Waals surface area (Å²) in [5.74, 6) is 0.587. The Balaban J connectivity index is 1.62. The van der Waals surface area contributed by atoms with Gasteiger partial charge in [-0.3, -0.25) is 9.78 Å². The van der Waals surface area contributed by atoms with Crippen LogP contribution in [0.5, 0.6) is 0 Å². The highest BCUT2D eigenvalue weighted by atomic mass is 16.2. The van der Waals surface area contributed by atoms with Gasteiger partial charge in [0.2, 0.25) is 5.91 Å². The number of carbonyl (C=O) groups is 2. The molecule has 3 N–H and O–H groups in total. The fraction of sp³-hybridized carbons (Fsp3) is 0.588. The van der Waals surface area contributed by atoms with Gasteiger partial charge in [0.15, 0.2) is 0 Å². The molecule has 1 aromatic heterocycles. The van der Waals surface area contributed by atoms with Gasteiger partial charge < -0.3 is 16.0 Å². The lowest BCUT2D eigenvalue weighted by Gasteiger charge is -2.29. The first-order valence-corrected chi connectivity index (χ1v) is 8.37. The molecule has 0 aliphatic heterocycles. The first-order valence-electron chi connectivity index (χ1n) is 8.37. The predicted octanol–water partition coefficient (Wildman–Crippen LogP) is 2.35. The summed E-state index contributed by atoms with van der Waals surface area (Å²) in [6.45, 7) is 2.64. The maximum Gasteiger partial charge on any atom is 0.320 e. The van der Waals surface area contributed by atoms with E-state index in [1.165, 1.54) is 12.8 Å². The van der Waals surface area contributed by atoms with Crippen molar-refractivity contribution in [2.45, 2.75) is 51.0 Å². The first-order chi connectivity index (χ1) is 11.1. The molecule has 6 heteroatoms. The van der Waals surface area contributed by atoms with Crippen molar-refractivity contribution >= 4 is 17.6 Å². The second-order valence-corrected chi connectivity index (χ2v) is 6.71. The van der Waals surface area contributed by atoms with Crippen LogP contribution in [-0.4, -0.2) is 29.0 Å². The number of hydrogen-bond acceptors (Lipinski definition) is 3. The molecule has 2 aliphatic carbocycles. The van der Waals surface area contributed by atoms with Gasteiger partial charge in [0.05, 0.1) is 11.9 Å². The maximum atomic E-state index is 12.6. The average molecular weight is 316 g/mol. The molecule has 0 aromatic carbocycles. The summed E-state index contributed by atoms with van der Waals surface area (Å²) in [5.41, 5.74) is 0.833. The van der Waals surface area contributed by atoms with Crippen molar-refractivity contribution in [1.82, 2.24) is 15.6 Å². The Morgan fingerprint density at radius 3 is 2.70 bits per heavy atom. The average Bonchev–Trinajstić information content (AvgIpc) is 3.25. The van der Waals surface area contributed by atoms with E-state index in [1.54, 1.807) is 12.4 Å². The van der Waals surface area contributed by atoms with Gasteiger partial charge in [-0.2, -0.15) is 0 Å². The van der Waals surface area contributed by atoms with E-state index in [9.17, 15) is 9.59 Å². The van der Waals surface area contributed by atoms with E-state index in [-0.39, 0.29) is 11.9 Å². The van der Waals surface area contributed by atoms with Crippen molar-refractivity contribution in [3.05, 3.63) is 24.0 Å². The zero-order valence-electron chi connectivity index (χ0n) is 13.5. The highest BCUT2D eigenvalue weighted by molar-refractivity contribution is 5.96. The van der Waals surface area contributed by atoms with Crippen LogP contribution in [0.2, 0.25) is 0 Å². The molecule has 0 spiro atoms. The van der Waals surface area contributed by atoms with E-state index >= 15 is 0 Å². The number of urea groups is 1. The summed E-state index contributed by atoms with van der Waals surface area (Å²) < 4.78 is 0. The Bertz CT molecular complexity index is 592. The minimum atomic E-state index is -0.769. The number of amides is 3. The van der Waals surface area contributed by atoms with Gasteiger partial charge in [-0.25, -0.2) is 4.79 Å². The molecule has 1 aromatic rings. The van der Waals surface area contributed by atoms with Gasteiger partial charge >= 0.3 is 6.03 Å². The Morgan fingerprint density at radius 1 is 1.30 bits per heavy atom. The smallest absolute Gasteiger partial charge is 0.320 e. The Kier molecular flexibility index (Phi) is 4.50. The molecule has 2 saturated carbocycles. The van der Waals surface area contributed by atoms with Crippen molar-refractivity contribution < 1.29 is 9.59 Å². The minimum Gasteiger partial charge on any atom is -0.354 e. The molecule has 0 saturated heterocycles. The quantitative estimate of drug-likeness (QED) is 0.780. The van der Waals surface area contributed by atoms with Gasteiger partial charge in [0.25, 0.3) is 0 Å². The number of aryl methyl sites for hydroxylation is 1. The van der Waals surface area contributed by atoms with Crippen molar-refractivity contribution in [2.75, 3.05) is 11.9 Å². The highest BCUT2D eigenvalue weighted by Crippen LogP contribution is 2.31. The van der Waals surface area contributed by atoms with E-state index in [4.69, 9.17) is 0 Å². The van der Waals surface area contributed by atoms with Gasteiger partial charge in [-0.05, 0) is 50.2 Å². The van der Waals surface area contributed by atoms with E-state index in [2.05, 4.69) is 20.9 Å². The summed E-state index contributed by atoms with van der Waals surface area (Å²) >= 11 is 0. The van der Waals surface area contributed by atoms with Gasteiger partial charge in [0, 0.05) is 12.7 Å². The summed E-state index contributed by atoms with van der Waals surface area (Å²) in [6.07, 6.45) is 9.01. The van der Waals surface area contributed by atoms with Crippen molar-refractivity contribution in [2.24, 2.45) is 5.92 Å². The van der Waals surface area contributed by atoms with E-state index in [0.29, 0.717) is 24.4 Å². The molecule has 23 heavy (non-hydrogen) atoms. The number of nitrogens with one attached hydrogen (secondary N) is 3. The van der Waals surface area contributed by atoms with Crippen LogP contribution >= 0.6 is 0 Å². The van der Waals surface area contributed by atoms with Crippen LogP contribution in [0.1, 0.15) is 44.1 Å². The molecule has 0 unspecified atom stereocenters. The fourth-order valence-electron chi connectivity index (χ4n) is 3.08. The fourth-order valence-corrected chi connectivity index (χ4v) is 3.08. The maximum absolute atomic E-state index is 12.6. The minimum absolute atomic E-state index is 0.0417. The second-order valence-electron chi connectivity index (χ2n) is 6.71. The van der Waals surface area contributed by atoms with Crippen LogP contribution in [0.25, 0.3) is 0 Å². The second kappa shape index (κ2) is 6.56. The van der Waals surface area contributed by atoms with Gasteiger partial charge in [-0.1, -0.05) is 12.8 Å². The van der Waals surface area contributed by atoms with Crippen LogP contribution in [0.3, 0.4) is 0 Å². The van der Waals surface area contributed by atoms with Crippen LogP contribution in [0.4, 0.5) is 10.5 Å². The molecule has 0 atom stereocenters. The van der Waals surface area contributed by atoms with E-state index < -0.39 is 5.54 Å². The standard InChI is InChI=1S/C17H24N4O2/c1-12-6-9-18-11-14(12)20-16(23)21-17(7-2-3-8-17)15(22)19-10-13-4-5-13/h6,9,11,13H,2-5,7-8,10H2,1H3,(H,19,22)(H2,20,21,23). The number of carbonyl (C=O) groups excluding carboxylic acids is 2. The number of nitrogens with zero attached hydrogens (tertiary/aromatic N) is 1. The number of aromatic nitrogens is 1. The molecule has 3 rings (SSSR count). The SMILES string of the molecule is Cc1ccncc1NC(=O)NC1(C(=O)NCC2CC2)CCCC1. The number of rotatable bonds is 5. The van der Waals surface area contributed by atoms with Crippen molar-refractivity contribution in [3.63, 3.8) is 0 Å². The lowest BCUT2D eigenvalue weighted by molar-refractivity contribution is -0.127. The molecular formula is C17H24N4O2. The summed E-state index contributed by atoms with van der Waals surface area (Å²) in [5, 5.41) is 8.74. The molecule has 1 heterocycles. The largest absolute Gasteiger partial charge is 0.354 e. The Labute approximate surface area is 136 Å². The molecule has 0 radical (unpaired) electrons. The van der Waals surface area contributed by atoms with E-state index in [0.717, 1.165) is 24.9 Å². The lowest BCUT2D eigenvalue weighted by Crippen LogP contribution is -2.58. The number of hydrogen-bond donors (Lipinski definition) is 3. The van der Waals surface area contributed by atoms with Crippen molar-refractivity contribution in [3.8, 4) is 0 Å². The summed E-state index contributed by atoms with van der Waals surface area (Å²) in [6, 6.07) is 1.49. The van der Waals surface area contributed by atoms with E-state index in [1.807, 2.05) is 13.0 Å². The molecule has 3 amide bonds. The third-order valence-corrected chi connectivity index (χ3v) is 4.78.